The van der Waals surface area contributed by atoms with Gasteiger partial charge < -0.3 is 33.8 Å². The lowest BCUT2D eigenvalue weighted by Gasteiger charge is -2.21. The van der Waals surface area contributed by atoms with E-state index in [0.29, 0.717) is 25.7 Å². The fourth-order valence-electron chi connectivity index (χ4n) is 12.9. The number of ether oxygens (including phenoxy) is 4. The van der Waals surface area contributed by atoms with E-state index in [2.05, 4.69) is 34.6 Å². The topological polar surface area (TPSA) is 237 Å². The minimum atomic E-state index is -4.96. The second-order valence-electron chi connectivity index (χ2n) is 30.3. The minimum absolute atomic E-state index is 0.108. The van der Waals surface area contributed by atoms with Gasteiger partial charge in [0.25, 0.3) is 0 Å². The van der Waals surface area contributed by atoms with Gasteiger partial charge in [-0.05, 0) is 31.6 Å². The summed E-state index contributed by atoms with van der Waals surface area (Å²) >= 11 is 0. The highest BCUT2D eigenvalue weighted by atomic mass is 31.2. The van der Waals surface area contributed by atoms with Crippen LogP contribution < -0.4 is 0 Å². The maximum Gasteiger partial charge on any atom is 0.472 e. The molecule has 0 aliphatic rings. The van der Waals surface area contributed by atoms with Crippen molar-refractivity contribution in [3.05, 3.63) is 0 Å². The van der Waals surface area contributed by atoms with E-state index < -0.39 is 97.5 Å². The van der Waals surface area contributed by atoms with E-state index in [0.717, 1.165) is 109 Å². The summed E-state index contributed by atoms with van der Waals surface area (Å²) in [6, 6.07) is 0. The van der Waals surface area contributed by atoms with Gasteiger partial charge in [-0.1, -0.05) is 394 Å². The van der Waals surface area contributed by atoms with Crippen LogP contribution in [0.3, 0.4) is 0 Å². The van der Waals surface area contributed by atoms with Crippen molar-refractivity contribution in [2.45, 2.75) is 464 Å². The van der Waals surface area contributed by atoms with Gasteiger partial charge in [0, 0.05) is 25.7 Å². The first-order valence-electron chi connectivity index (χ1n) is 43.1. The number of rotatable bonds is 83. The molecule has 0 bridgehead atoms. The molecule has 0 aromatic rings. The van der Waals surface area contributed by atoms with Crippen LogP contribution in [-0.2, 0) is 65.4 Å². The zero-order chi connectivity index (χ0) is 74.8. The third-order valence-electron chi connectivity index (χ3n) is 19.5. The van der Waals surface area contributed by atoms with E-state index in [9.17, 15) is 43.2 Å². The number of hydrogen-bond acceptors (Lipinski definition) is 15. The minimum Gasteiger partial charge on any atom is -0.462 e. The van der Waals surface area contributed by atoms with Gasteiger partial charge in [0.05, 0.1) is 26.4 Å². The summed E-state index contributed by atoms with van der Waals surface area (Å²) in [4.78, 5) is 72.9. The van der Waals surface area contributed by atoms with Crippen molar-refractivity contribution >= 4 is 39.5 Å². The Kier molecular flexibility index (Phi) is 74.4. The molecule has 0 aliphatic heterocycles. The van der Waals surface area contributed by atoms with Crippen LogP contribution >= 0.6 is 15.6 Å². The Bertz CT molecular complexity index is 1940. The second-order valence-corrected chi connectivity index (χ2v) is 33.3. The van der Waals surface area contributed by atoms with Crippen LogP contribution in [0.5, 0.6) is 0 Å². The van der Waals surface area contributed by atoms with E-state index >= 15 is 0 Å². The zero-order valence-electron chi connectivity index (χ0n) is 66.8. The molecule has 3 N–H and O–H groups in total. The van der Waals surface area contributed by atoms with Crippen molar-refractivity contribution in [1.29, 1.82) is 0 Å². The molecule has 0 rings (SSSR count). The largest absolute Gasteiger partial charge is 0.472 e. The summed E-state index contributed by atoms with van der Waals surface area (Å²) in [7, 11) is -9.92. The van der Waals surface area contributed by atoms with Gasteiger partial charge in [-0.3, -0.25) is 37.3 Å². The number of unbranched alkanes of at least 4 members (excludes halogenated alkanes) is 55. The van der Waals surface area contributed by atoms with Crippen molar-refractivity contribution in [1.82, 2.24) is 0 Å². The molecule has 606 valence electrons. The Hall–Kier alpha value is -1.94. The number of esters is 4. The normalized spacial score (nSPS) is 13.8. The Morgan fingerprint density at radius 2 is 0.451 bits per heavy atom. The van der Waals surface area contributed by atoms with Crippen molar-refractivity contribution in [3.8, 4) is 0 Å². The Morgan fingerprint density at radius 1 is 0.265 bits per heavy atom. The summed E-state index contributed by atoms with van der Waals surface area (Å²) in [6.45, 7) is 7.32. The number of aliphatic hydroxyl groups is 1. The lowest BCUT2D eigenvalue weighted by atomic mass is 10.0. The highest BCUT2D eigenvalue weighted by molar-refractivity contribution is 7.47. The van der Waals surface area contributed by atoms with Gasteiger partial charge in [0.1, 0.15) is 19.3 Å². The molecule has 0 saturated heterocycles. The van der Waals surface area contributed by atoms with Crippen molar-refractivity contribution in [2.75, 3.05) is 39.6 Å². The third kappa shape index (κ3) is 76.3. The van der Waals surface area contributed by atoms with Gasteiger partial charge in [0.2, 0.25) is 0 Å². The lowest BCUT2D eigenvalue weighted by Crippen LogP contribution is -2.30. The van der Waals surface area contributed by atoms with E-state index in [1.807, 2.05) is 0 Å². The number of aliphatic hydroxyl groups excluding tert-OH is 1. The molecule has 19 heteroatoms. The second kappa shape index (κ2) is 75.9. The van der Waals surface area contributed by atoms with Gasteiger partial charge >= 0.3 is 39.5 Å². The molecule has 0 fully saturated rings. The summed E-state index contributed by atoms with van der Waals surface area (Å²) < 4.78 is 68.7. The van der Waals surface area contributed by atoms with Gasteiger partial charge in [-0.2, -0.15) is 0 Å². The smallest absolute Gasteiger partial charge is 0.462 e. The molecule has 17 nitrogen and oxygen atoms in total. The van der Waals surface area contributed by atoms with Crippen LogP contribution in [0.4, 0.5) is 0 Å². The first-order chi connectivity index (χ1) is 49.5. The quantitative estimate of drug-likeness (QED) is 0.0222. The third-order valence-corrected chi connectivity index (χ3v) is 21.4. The van der Waals surface area contributed by atoms with Gasteiger partial charge in [-0.25, -0.2) is 9.13 Å². The van der Waals surface area contributed by atoms with Crippen LogP contribution in [0.2, 0.25) is 0 Å². The molecule has 0 aliphatic carbocycles. The fourth-order valence-corrected chi connectivity index (χ4v) is 14.5. The summed E-state index contributed by atoms with van der Waals surface area (Å²) in [5, 5.41) is 10.6. The fraction of sp³-hybridized carbons (Fsp3) is 0.952. The molecule has 2 unspecified atom stereocenters. The van der Waals surface area contributed by atoms with Crippen LogP contribution in [-0.4, -0.2) is 96.7 Å². The lowest BCUT2D eigenvalue weighted by molar-refractivity contribution is -0.161. The summed E-state index contributed by atoms with van der Waals surface area (Å²) in [5.74, 6) is -1.31. The highest BCUT2D eigenvalue weighted by Crippen LogP contribution is 2.45. The Morgan fingerprint density at radius 3 is 0.667 bits per heavy atom. The number of carbonyl (C=O) groups is 4. The summed E-state index contributed by atoms with van der Waals surface area (Å²) in [5.41, 5.74) is 0. The predicted molar refractivity (Wildman–Crippen MR) is 418 cm³/mol. The first kappa shape index (κ1) is 100. The van der Waals surface area contributed by atoms with Crippen LogP contribution in [0.25, 0.3) is 0 Å². The number of carbonyl (C=O) groups excluding carboxylic acids is 4. The number of phosphoric ester groups is 2. The van der Waals surface area contributed by atoms with Crippen LogP contribution in [0, 0.1) is 5.92 Å². The van der Waals surface area contributed by atoms with E-state index in [1.165, 1.54) is 257 Å². The predicted octanol–water partition coefficient (Wildman–Crippen LogP) is 25.2. The van der Waals surface area contributed by atoms with Crippen molar-refractivity contribution < 1.29 is 80.2 Å². The molecule has 5 atom stereocenters. The average Bonchev–Trinajstić information content (AvgIpc) is 0.913. The van der Waals surface area contributed by atoms with Gasteiger partial charge in [0.15, 0.2) is 12.2 Å². The van der Waals surface area contributed by atoms with Crippen LogP contribution in [0.1, 0.15) is 446 Å². The SMILES string of the molecule is CCCCCCCCCCCCCCCCCCCCCCCCC(=O)O[C@H](COC(=O)CCCCCCCCCCCCCCCCC(C)C)COP(=O)(O)OC[C@@H](O)COP(=O)(O)OC[C@@H](COC(=O)CCCCCCCCC)OC(=O)CCCCCCCCCCCCCCCCCC. The maximum absolute atomic E-state index is 13.1. The van der Waals surface area contributed by atoms with E-state index in [4.69, 9.17) is 37.0 Å². The molecular formula is C83H162O17P2. The summed E-state index contributed by atoms with van der Waals surface area (Å²) in [6.07, 6.45) is 68.3. The molecule has 0 heterocycles. The highest BCUT2D eigenvalue weighted by Gasteiger charge is 2.30. The molecule has 0 spiro atoms. The zero-order valence-corrected chi connectivity index (χ0v) is 68.5. The standard InChI is InChI=1S/C83H162O17P2/c1-6-9-12-15-18-20-22-24-26-28-29-30-31-32-33-35-41-45-49-54-59-64-69-83(88)100-79(73-94-81(86)67-62-57-52-47-43-39-37-36-38-42-46-51-55-60-65-76(4)5)75-98-102(91,92)96-71-77(84)70-95-101(89,90)97-74-78(72-93-80(85)66-61-56-50-17-14-11-8-3)99-82(87)68-63-58-53-48-44-40-34-27-25-23-21-19-16-13-10-7-2/h76-79,84H,6-75H2,1-5H3,(H,89,90)(H,91,92)/t77-,78+,79+/m0/s1. The van der Waals surface area contributed by atoms with Crippen LogP contribution in [0.15, 0.2) is 0 Å². The van der Waals surface area contributed by atoms with Crippen molar-refractivity contribution in [2.24, 2.45) is 5.92 Å². The first-order valence-corrected chi connectivity index (χ1v) is 46.1. The number of hydrogen-bond donors (Lipinski definition) is 3. The molecule has 0 saturated carbocycles. The molecule has 0 aromatic carbocycles. The molecule has 0 radical (unpaired) electrons. The maximum atomic E-state index is 13.1. The average molecular weight is 1490 g/mol. The van der Waals surface area contributed by atoms with E-state index in [1.54, 1.807) is 0 Å². The number of phosphoric acid groups is 2. The van der Waals surface area contributed by atoms with Crippen molar-refractivity contribution in [3.63, 3.8) is 0 Å². The Labute approximate surface area is 626 Å². The molecule has 0 amide bonds. The molecular weight excluding hydrogens is 1330 g/mol. The van der Waals surface area contributed by atoms with E-state index in [-0.39, 0.29) is 25.7 Å². The molecule has 0 aromatic heterocycles. The Balaban J connectivity index is 5.16. The van der Waals surface area contributed by atoms with Gasteiger partial charge in [-0.15, -0.1) is 0 Å². The monoisotopic (exact) mass is 1490 g/mol. The molecule has 102 heavy (non-hydrogen) atoms.